The molecular formula is C21H17N3O5. The van der Waals surface area contributed by atoms with Crippen molar-refractivity contribution in [3.8, 4) is 0 Å². The van der Waals surface area contributed by atoms with Gasteiger partial charge in [-0.05, 0) is 23.8 Å². The molecule has 1 heterocycles. The second-order valence-electron chi connectivity index (χ2n) is 6.09. The average Bonchev–Trinajstić information content (AvgIpc) is 2.77. The summed E-state index contributed by atoms with van der Waals surface area (Å²) in [4.78, 5) is 39.6. The number of pyridine rings is 1. The third-order valence-electron chi connectivity index (χ3n) is 4.20. The molecule has 8 nitrogen and oxygen atoms in total. The summed E-state index contributed by atoms with van der Waals surface area (Å²) >= 11 is 0. The summed E-state index contributed by atoms with van der Waals surface area (Å²) in [6, 6.07) is 17.4. The van der Waals surface area contributed by atoms with Gasteiger partial charge in [0.05, 0.1) is 29.3 Å². The number of hydrogen-bond donors (Lipinski definition) is 1. The van der Waals surface area contributed by atoms with Gasteiger partial charge in [-0.25, -0.2) is 4.79 Å². The molecule has 1 N–H and O–H groups in total. The van der Waals surface area contributed by atoms with Crippen LogP contribution in [0.4, 0.5) is 5.69 Å². The van der Waals surface area contributed by atoms with Gasteiger partial charge in [0.15, 0.2) is 0 Å². The molecule has 0 saturated heterocycles. The fraction of sp³-hybridized carbons (Fsp3) is 0.0952. The Labute approximate surface area is 166 Å². The van der Waals surface area contributed by atoms with Gasteiger partial charge in [0, 0.05) is 23.9 Å². The number of benzene rings is 2. The van der Waals surface area contributed by atoms with Crippen LogP contribution in [0.15, 0.2) is 72.9 Å². The third kappa shape index (κ3) is 4.62. The number of non-ortho nitro benzene ring substituents is 1. The Kier molecular flexibility index (Phi) is 5.94. The highest BCUT2D eigenvalue weighted by Crippen LogP contribution is 2.23. The van der Waals surface area contributed by atoms with Crippen LogP contribution in [0, 0.1) is 10.1 Å². The van der Waals surface area contributed by atoms with Gasteiger partial charge in [-0.15, -0.1) is 0 Å². The molecule has 0 aliphatic heterocycles. The molecule has 29 heavy (non-hydrogen) atoms. The van der Waals surface area contributed by atoms with E-state index in [9.17, 15) is 19.7 Å². The number of nitro groups is 1. The zero-order chi connectivity index (χ0) is 20.8. The van der Waals surface area contributed by atoms with Crippen LogP contribution in [0.2, 0.25) is 0 Å². The number of carbonyl (C=O) groups is 2. The minimum Gasteiger partial charge on any atom is -0.465 e. The number of aromatic nitrogens is 1. The maximum absolute atomic E-state index is 12.9. The topological polar surface area (TPSA) is 111 Å². The van der Waals surface area contributed by atoms with E-state index in [1.54, 1.807) is 24.4 Å². The third-order valence-corrected chi connectivity index (χ3v) is 4.20. The Bertz CT molecular complexity index is 999. The Balaban J connectivity index is 1.99. The van der Waals surface area contributed by atoms with Gasteiger partial charge in [0.2, 0.25) is 0 Å². The number of ether oxygens (including phenoxy) is 1. The average molecular weight is 391 g/mol. The molecule has 0 fully saturated rings. The lowest BCUT2D eigenvalue weighted by Gasteiger charge is -2.19. The molecule has 0 saturated carbocycles. The number of rotatable bonds is 6. The van der Waals surface area contributed by atoms with Gasteiger partial charge in [-0.2, -0.15) is 0 Å². The van der Waals surface area contributed by atoms with Crippen molar-refractivity contribution in [2.75, 3.05) is 7.11 Å². The van der Waals surface area contributed by atoms with Crippen LogP contribution in [0.25, 0.3) is 0 Å². The van der Waals surface area contributed by atoms with Crippen molar-refractivity contribution in [3.05, 3.63) is 105 Å². The normalized spacial score (nSPS) is 11.3. The number of amides is 1. The summed E-state index contributed by atoms with van der Waals surface area (Å²) in [5, 5.41) is 14.1. The maximum Gasteiger partial charge on any atom is 0.338 e. The molecule has 0 spiro atoms. The Morgan fingerprint density at radius 2 is 1.72 bits per heavy atom. The fourth-order valence-electron chi connectivity index (χ4n) is 2.82. The summed E-state index contributed by atoms with van der Waals surface area (Å²) in [5.41, 5.74) is 0.897. The van der Waals surface area contributed by atoms with Crippen LogP contribution in [0.3, 0.4) is 0 Å². The lowest BCUT2D eigenvalue weighted by atomic mass is 10.0. The molecule has 8 heteroatoms. The van der Waals surface area contributed by atoms with Gasteiger partial charge < -0.3 is 10.1 Å². The van der Waals surface area contributed by atoms with E-state index in [4.69, 9.17) is 0 Å². The monoisotopic (exact) mass is 391 g/mol. The quantitative estimate of drug-likeness (QED) is 0.392. The largest absolute Gasteiger partial charge is 0.465 e. The van der Waals surface area contributed by atoms with E-state index in [0.29, 0.717) is 5.69 Å². The second kappa shape index (κ2) is 8.75. The Morgan fingerprint density at radius 1 is 1.03 bits per heavy atom. The molecule has 0 aliphatic rings. The van der Waals surface area contributed by atoms with Crippen molar-refractivity contribution in [2.45, 2.75) is 6.04 Å². The first-order valence-corrected chi connectivity index (χ1v) is 8.64. The van der Waals surface area contributed by atoms with Gasteiger partial charge >= 0.3 is 5.97 Å². The minimum absolute atomic E-state index is 0.0311. The number of esters is 1. The van der Waals surface area contributed by atoms with Crippen molar-refractivity contribution >= 4 is 17.6 Å². The van der Waals surface area contributed by atoms with E-state index in [1.165, 1.54) is 6.07 Å². The molecule has 1 atom stereocenters. The SMILES string of the molecule is COC(=O)c1cc(C(=O)NC(c2ccccc2)c2ccccn2)cc([N+](=O)[O-])c1. The summed E-state index contributed by atoms with van der Waals surface area (Å²) in [7, 11) is 1.16. The van der Waals surface area contributed by atoms with Crippen LogP contribution < -0.4 is 5.32 Å². The first kappa shape index (κ1) is 19.7. The van der Waals surface area contributed by atoms with E-state index < -0.39 is 22.8 Å². The lowest BCUT2D eigenvalue weighted by molar-refractivity contribution is -0.384. The molecule has 0 radical (unpaired) electrons. The van der Waals surface area contributed by atoms with Crippen LogP contribution >= 0.6 is 0 Å². The van der Waals surface area contributed by atoms with Gasteiger partial charge in [-0.1, -0.05) is 36.4 Å². The molecule has 0 aliphatic carbocycles. The highest BCUT2D eigenvalue weighted by molar-refractivity contribution is 5.99. The van der Waals surface area contributed by atoms with E-state index in [-0.39, 0.29) is 16.8 Å². The zero-order valence-corrected chi connectivity index (χ0v) is 15.4. The molecule has 1 aromatic heterocycles. The van der Waals surface area contributed by atoms with Gasteiger partial charge in [0.1, 0.15) is 0 Å². The van der Waals surface area contributed by atoms with Gasteiger partial charge in [0.25, 0.3) is 11.6 Å². The predicted molar refractivity (Wildman–Crippen MR) is 104 cm³/mol. The number of methoxy groups -OCH3 is 1. The number of nitro benzene ring substituents is 1. The maximum atomic E-state index is 12.9. The first-order valence-electron chi connectivity index (χ1n) is 8.64. The van der Waals surface area contributed by atoms with Crippen molar-refractivity contribution < 1.29 is 19.2 Å². The van der Waals surface area contributed by atoms with Crippen LogP contribution in [-0.2, 0) is 4.74 Å². The molecule has 1 unspecified atom stereocenters. The molecular weight excluding hydrogens is 374 g/mol. The standard InChI is InChI=1S/C21H17N3O5/c1-29-21(26)16-11-15(12-17(13-16)24(27)28)20(25)23-19(14-7-3-2-4-8-14)18-9-5-6-10-22-18/h2-13,19H,1H3,(H,23,25). The van der Waals surface area contributed by atoms with Gasteiger partial charge in [-0.3, -0.25) is 19.9 Å². The van der Waals surface area contributed by atoms with Crippen LogP contribution in [-0.4, -0.2) is 28.9 Å². The molecule has 2 aromatic carbocycles. The van der Waals surface area contributed by atoms with E-state index in [1.807, 2.05) is 30.3 Å². The molecule has 1 amide bonds. The van der Waals surface area contributed by atoms with E-state index in [0.717, 1.165) is 24.8 Å². The van der Waals surface area contributed by atoms with Crippen molar-refractivity contribution in [1.82, 2.24) is 10.3 Å². The van der Waals surface area contributed by atoms with Crippen molar-refractivity contribution in [1.29, 1.82) is 0 Å². The summed E-state index contributed by atoms with van der Waals surface area (Å²) < 4.78 is 4.62. The lowest BCUT2D eigenvalue weighted by Crippen LogP contribution is -2.30. The van der Waals surface area contributed by atoms with Crippen LogP contribution in [0.1, 0.15) is 38.0 Å². The van der Waals surface area contributed by atoms with E-state index in [2.05, 4.69) is 15.0 Å². The fourth-order valence-corrected chi connectivity index (χ4v) is 2.82. The van der Waals surface area contributed by atoms with E-state index >= 15 is 0 Å². The number of carbonyl (C=O) groups excluding carboxylic acids is 2. The number of nitrogens with zero attached hydrogens (tertiary/aromatic N) is 2. The second-order valence-corrected chi connectivity index (χ2v) is 6.09. The molecule has 3 aromatic rings. The van der Waals surface area contributed by atoms with Crippen molar-refractivity contribution in [3.63, 3.8) is 0 Å². The number of nitrogens with one attached hydrogen (secondary N) is 1. The predicted octanol–water partition coefficient (Wildman–Crippen LogP) is 3.30. The summed E-state index contributed by atoms with van der Waals surface area (Å²) in [6.45, 7) is 0. The highest BCUT2D eigenvalue weighted by Gasteiger charge is 2.22. The summed E-state index contributed by atoms with van der Waals surface area (Å²) in [6.07, 6.45) is 1.61. The molecule has 3 rings (SSSR count). The van der Waals surface area contributed by atoms with Crippen molar-refractivity contribution in [2.24, 2.45) is 0 Å². The molecule has 146 valence electrons. The molecule has 0 bridgehead atoms. The number of hydrogen-bond acceptors (Lipinski definition) is 6. The Hall–Kier alpha value is -4.07. The first-order chi connectivity index (χ1) is 14.0. The zero-order valence-electron chi connectivity index (χ0n) is 15.4. The highest BCUT2D eigenvalue weighted by atomic mass is 16.6. The Morgan fingerprint density at radius 3 is 2.34 bits per heavy atom. The minimum atomic E-state index is -0.771. The smallest absolute Gasteiger partial charge is 0.338 e. The summed E-state index contributed by atoms with van der Waals surface area (Å²) in [5.74, 6) is -1.36. The van der Waals surface area contributed by atoms with Crippen LogP contribution in [0.5, 0.6) is 0 Å².